The second-order valence-corrected chi connectivity index (χ2v) is 6.21. The van der Waals surface area contributed by atoms with Gasteiger partial charge in [0.05, 0.1) is 30.2 Å². The van der Waals surface area contributed by atoms with Crippen molar-refractivity contribution in [2.24, 2.45) is 7.05 Å². The smallest absolute Gasteiger partial charge is 0.238 e. The number of amides is 1. The molecule has 3 heterocycles. The van der Waals surface area contributed by atoms with E-state index in [1.807, 2.05) is 37.8 Å². The molecular weight excluding hydrogens is 292 g/mol. The van der Waals surface area contributed by atoms with Crippen LogP contribution in [-0.4, -0.2) is 49.5 Å². The van der Waals surface area contributed by atoms with Gasteiger partial charge >= 0.3 is 0 Å². The minimum Gasteiger partial charge on any atom is -0.322 e. The Labute approximate surface area is 136 Å². The molecule has 2 aromatic heterocycles. The average Bonchev–Trinajstić information content (AvgIpc) is 3.21. The van der Waals surface area contributed by atoms with Gasteiger partial charge in [0, 0.05) is 25.5 Å². The molecule has 0 aliphatic carbocycles. The zero-order chi connectivity index (χ0) is 16.4. The molecule has 7 heteroatoms. The lowest BCUT2D eigenvalue weighted by Gasteiger charge is -2.23. The molecule has 1 saturated heterocycles. The van der Waals surface area contributed by atoms with E-state index in [-0.39, 0.29) is 5.91 Å². The summed E-state index contributed by atoms with van der Waals surface area (Å²) in [5, 5.41) is 11.6. The molecule has 0 bridgehead atoms. The first-order chi connectivity index (χ1) is 11.0. The van der Waals surface area contributed by atoms with Crippen LogP contribution in [-0.2, 0) is 18.4 Å². The van der Waals surface area contributed by atoms with E-state index >= 15 is 0 Å². The van der Waals surface area contributed by atoms with Crippen LogP contribution in [0, 0.1) is 13.8 Å². The van der Waals surface area contributed by atoms with Crippen LogP contribution in [0.15, 0.2) is 18.5 Å². The Morgan fingerprint density at radius 2 is 2.26 bits per heavy atom. The van der Waals surface area contributed by atoms with Crippen LogP contribution in [0.1, 0.15) is 24.2 Å². The number of rotatable bonds is 5. The van der Waals surface area contributed by atoms with Crippen LogP contribution in [0.2, 0.25) is 0 Å². The van der Waals surface area contributed by atoms with Gasteiger partial charge < -0.3 is 5.32 Å². The first kappa shape index (κ1) is 15.7. The summed E-state index contributed by atoms with van der Waals surface area (Å²) in [4.78, 5) is 14.7. The van der Waals surface area contributed by atoms with Crippen molar-refractivity contribution in [1.29, 1.82) is 0 Å². The molecule has 1 aliphatic heterocycles. The SMILES string of the molecule is Cc1nn(C)c(C)c1NC(=O)CN1CCC[C@H]1Cn1cccn1. The average molecular weight is 316 g/mol. The number of carbonyl (C=O) groups is 1. The predicted octanol–water partition coefficient (Wildman–Crippen LogP) is 1.34. The molecule has 0 radical (unpaired) electrons. The third kappa shape index (κ3) is 3.44. The van der Waals surface area contributed by atoms with Crippen molar-refractivity contribution < 1.29 is 4.79 Å². The lowest BCUT2D eigenvalue weighted by atomic mass is 10.2. The summed E-state index contributed by atoms with van der Waals surface area (Å²) in [5.74, 6) is 0.0246. The standard InChI is InChI=1S/C16H24N6O/c1-12-16(13(2)20(3)19-12)18-15(23)11-21-8-4-6-14(21)10-22-9-5-7-17-22/h5,7,9,14H,4,6,8,10-11H2,1-3H3,(H,18,23)/t14-/m0/s1. The second-order valence-electron chi connectivity index (χ2n) is 6.21. The maximum Gasteiger partial charge on any atom is 0.238 e. The maximum absolute atomic E-state index is 12.4. The largest absolute Gasteiger partial charge is 0.322 e. The predicted molar refractivity (Wildman–Crippen MR) is 88.1 cm³/mol. The van der Waals surface area contributed by atoms with Crippen molar-refractivity contribution in [3.8, 4) is 0 Å². The van der Waals surface area contributed by atoms with E-state index in [2.05, 4.69) is 20.4 Å². The van der Waals surface area contributed by atoms with Gasteiger partial charge in [0.1, 0.15) is 0 Å². The van der Waals surface area contributed by atoms with E-state index in [1.165, 1.54) is 0 Å². The lowest BCUT2D eigenvalue weighted by Crippen LogP contribution is -2.39. The molecule has 0 saturated carbocycles. The summed E-state index contributed by atoms with van der Waals surface area (Å²) in [6, 6.07) is 2.30. The van der Waals surface area contributed by atoms with E-state index in [0.717, 1.165) is 43.0 Å². The van der Waals surface area contributed by atoms with Crippen LogP contribution < -0.4 is 5.32 Å². The minimum atomic E-state index is 0.0246. The molecule has 7 nitrogen and oxygen atoms in total. The van der Waals surface area contributed by atoms with Gasteiger partial charge in [0.2, 0.25) is 5.91 Å². The van der Waals surface area contributed by atoms with Gasteiger partial charge in [-0.2, -0.15) is 10.2 Å². The summed E-state index contributed by atoms with van der Waals surface area (Å²) in [6.07, 6.45) is 6.00. The Bertz CT molecular complexity index is 675. The zero-order valence-corrected chi connectivity index (χ0v) is 14.0. The number of aryl methyl sites for hydroxylation is 2. The third-order valence-corrected chi connectivity index (χ3v) is 4.58. The molecule has 1 aliphatic rings. The highest BCUT2D eigenvalue weighted by molar-refractivity contribution is 5.93. The zero-order valence-electron chi connectivity index (χ0n) is 14.0. The molecule has 1 fully saturated rings. The van der Waals surface area contributed by atoms with Crippen molar-refractivity contribution in [3.63, 3.8) is 0 Å². The summed E-state index contributed by atoms with van der Waals surface area (Å²) < 4.78 is 3.73. The third-order valence-electron chi connectivity index (χ3n) is 4.58. The Kier molecular flexibility index (Phi) is 4.47. The Balaban J connectivity index is 1.60. The van der Waals surface area contributed by atoms with E-state index in [4.69, 9.17) is 0 Å². The fourth-order valence-electron chi connectivity index (χ4n) is 3.25. The quantitative estimate of drug-likeness (QED) is 0.904. The number of anilines is 1. The highest BCUT2D eigenvalue weighted by Crippen LogP contribution is 2.20. The molecule has 1 atom stereocenters. The van der Waals surface area contributed by atoms with Crippen molar-refractivity contribution in [2.45, 2.75) is 39.3 Å². The van der Waals surface area contributed by atoms with Gasteiger partial charge in [-0.25, -0.2) is 0 Å². The van der Waals surface area contributed by atoms with Crippen molar-refractivity contribution >= 4 is 11.6 Å². The number of hydrogen-bond acceptors (Lipinski definition) is 4. The normalized spacial score (nSPS) is 18.5. The Morgan fingerprint density at radius 3 is 2.91 bits per heavy atom. The number of hydrogen-bond donors (Lipinski definition) is 1. The Morgan fingerprint density at radius 1 is 1.43 bits per heavy atom. The summed E-state index contributed by atoms with van der Waals surface area (Å²) in [7, 11) is 1.89. The second kappa shape index (κ2) is 6.54. The first-order valence-electron chi connectivity index (χ1n) is 8.06. The van der Waals surface area contributed by atoms with Crippen LogP contribution in [0.4, 0.5) is 5.69 Å². The van der Waals surface area contributed by atoms with E-state index in [1.54, 1.807) is 10.9 Å². The fraction of sp³-hybridized carbons (Fsp3) is 0.562. The monoisotopic (exact) mass is 316 g/mol. The molecule has 1 N–H and O–H groups in total. The molecule has 124 valence electrons. The van der Waals surface area contributed by atoms with Gasteiger partial charge in [0.15, 0.2) is 0 Å². The number of nitrogens with one attached hydrogen (secondary N) is 1. The molecule has 23 heavy (non-hydrogen) atoms. The van der Waals surface area contributed by atoms with Crippen LogP contribution in [0.25, 0.3) is 0 Å². The van der Waals surface area contributed by atoms with E-state index in [9.17, 15) is 4.79 Å². The number of aromatic nitrogens is 4. The van der Waals surface area contributed by atoms with E-state index in [0.29, 0.717) is 12.6 Å². The molecule has 0 unspecified atom stereocenters. The number of nitrogens with zero attached hydrogens (tertiary/aromatic N) is 5. The van der Waals surface area contributed by atoms with Crippen LogP contribution in [0.5, 0.6) is 0 Å². The molecule has 2 aromatic rings. The van der Waals surface area contributed by atoms with Gasteiger partial charge in [-0.1, -0.05) is 0 Å². The fourth-order valence-corrected chi connectivity index (χ4v) is 3.25. The molecule has 3 rings (SSSR count). The minimum absolute atomic E-state index is 0.0246. The summed E-state index contributed by atoms with van der Waals surface area (Å²) in [6.45, 7) is 6.10. The molecule has 0 spiro atoms. The van der Waals surface area contributed by atoms with Crippen molar-refractivity contribution in [3.05, 3.63) is 29.8 Å². The van der Waals surface area contributed by atoms with Gasteiger partial charge in [-0.3, -0.25) is 19.1 Å². The number of carbonyl (C=O) groups excluding carboxylic acids is 1. The van der Waals surface area contributed by atoms with Gasteiger partial charge in [0.25, 0.3) is 0 Å². The number of likely N-dealkylation sites (tertiary alicyclic amines) is 1. The summed E-state index contributed by atoms with van der Waals surface area (Å²) >= 11 is 0. The van der Waals surface area contributed by atoms with Crippen molar-refractivity contribution in [1.82, 2.24) is 24.5 Å². The molecule has 1 amide bonds. The van der Waals surface area contributed by atoms with Gasteiger partial charge in [-0.05, 0) is 39.3 Å². The van der Waals surface area contributed by atoms with E-state index < -0.39 is 0 Å². The van der Waals surface area contributed by atoms with Crippen LogP contribution in [0.3, 0.4) is 0 Å². The molecular formula is C16H24N6O. The van der Waals surface area contributed by atoms with Gasteiger partial charge in [-0.15, -0.1) is 0 Å². The highest BCUT2D eigenvalue weighted by Gasteiger charge is 2.27. The van der Waals surface area contributed by atoms with Crippen molar-refractivity contribution in [2.75, 3.05) is 18.4 Å². The van der Waals surface area contributed by atoms with Crippen LogP contribution >= 0.6 is 0 Å². The topological polar surface area (TPSA) is 68.0 Å². The molecule has 0 aromatic carbocycles. The first-order valence-corrected chi connectivity index (χ1v) is 8.06. The maximum atomic E-state index is 12.4. The summed E-state index contributed by atoms with van der Waals surface area (Å²) in [5.41, 5.74) is 2.67. The Hall–Kier alpha value is -2.15. The highest BCUT2D eigenvalue weighted by atomic mass is 16.2. The lowest BCUT2D eigenvalue weighted by molar-refractivity contribution is -0.117.